The molecule has 0 bridgehead atoms. The number of benzene rings is 1. The van der Waals surface area contributed by atoms with Crippen molar-refractivity contribution in [1.82, 2.24) is 9.55 Å². The second-order valence-electron chi connectivity index (χ2n) is 5.88. The summed E-state index contributed by atoms with van der Waals surface area (Å²) in [6.45, 7) is 8.51. The highest BCUT2D eigenvalue weighted by Crippen LogP contribution is 2.25. The summed E-state index contributed by atoms with van der Waals surface area (Å²) in [5, 5.41) is 0.686. The number of ether oxygens (including phenoxy) is 1. The monoisotopic (exact) mass is 412 g/mol. The molecule has 0 fully saturated rings. The van der Waals surface area contributed by atoms with E-state index in [1.165, 1.54) is 11.8 Å². The average Bonchev–Trinajstić information content (AvgIpc) is 2.51. The molecule has 2 aromatic rings. The van der Waals surface area contributed by atoms with Gasteiger partial charge in [0.15, 0.2) is 5.16 Å². The fourth-order valence-corrected chi connectivity index (χ4v) is 3.53. The number of carbonyl (C=O) groups excluding carboxylic acids is 1. The molecule has 1 heterocycles. The molecule has 0 aliphatic heterocycles. The minimum Gasteiger partial charge on any atom is -0.465 e. The summed E-state index contributed by atoms with van der Waals surface area (Å²) >= 11 is 4.65. The summed E-state index contributed by atoms with van der Waals surface area (Å²) in [5.74, 6) is -0.0184. The fourth-order valence-electron chi connectivity index (χ4n) is 2.25. The second kappa shape index (κ2) is 8.16. The van der Waals surface area contributed by atoms with Crippen molar-refractivity contribution >= 4 is 44.6 Å². The maximum absolute atomic E-state index is 12.9. The van der Waals surface area contributed by atoms with E-state index >= 15 is 0 Å². The van der Waals surface area contributed by atoms with Crippen LogP contribution in [-0.4, -0.2) is 27.4 Å². The number of esters is 1. The summed E-state index contributed by atoms with van der Waals surface area (Å²) in [6, 6.07) is 5.44. The Kier molecular flexibility index (Phi) is 6.46. The first-order valence-electron chi connectivity index (χ1n) is 7.86. The number of thioether (sulfide) groups is 1. The minimum atomic E-state index is -0.428. The third-order valence-corrected chi connectivity index (χ3v) is 4.89. The van der Waals surface area contributed by atoms with Crippen LogP contribution in [0.1, 0.15) is 27.7 Å². The van der Waals surface area contributed by atoms with E-state index in [0.717, 1.165) is 4.47 Å². The fraction of sp³-hybridized carbons (Fsp3) is 0.471. The second-order valence-corrected chi connectivity index (χ2v) is 8.10. The van der Waals surface area contributed by atoms with Crippen LogP contribution in [0.15, 0.2) is 32.6 Å². The van der Waals surface area contributed by atoms with Gasteiger partial charge in [0, 0.05) is 11.0 Å². The van der Waals surface area contributed by atoms with Crippen LogP contribution in [-0.2, 0) is 16.1 Å². The molecule has 0 saturated carbocycles. The first-order valence-corrected chi connectivity index (χ1v) is 9.54. The van der Waals surface area contributed by atoms with Crippen molar-refractivity contribution < 1.29 is 9.53 Å². The van der Waals surface area contributed by atoms with Gasteiger partial charge in [0.1, 0.15) is 5.25 Å². The van der Waals surface area contributed by atoms with Gasteiger partial charge in [-0.05, 0) is 38.0 Å². The van der Waals surface area contributed by atoms with Gasteiger partial charge in [0.05, 0.1) is 17.5 Å². The Morgan fingerprint density at radius 1 is 1.38 bits per heavy atom. The van der Waals surface area contributed by atoms with Gasteiger partial charge in [-0.25, -0.2) is 4.98 Å². The Bertz CT molecular complexity index is 804. The first-order chi connectivity index (χ1) is 11.3. The number of fused-ring (bicyclic) bond motifs is 1. The van der Waals surface area contributed by atoms with E-state index in [-0.39, 0.29) is 17.4 Å². The minimum absolute atomic E-state index is 0.0893. The van der Waals surface area contributed by atoms with E-state index in [4.69, 9.17) is 4.74 Å². The van der Waals surface area contributed by atoms with E-state index in [1.54, 1.807) is 30.5 Å². The zero-order valence-electron chi connectivity index (χ0n) is 14.2. The van der Waals surface area contributed by atoms with Gasteiger partial charge in [-0.1, -0.05) is 41.5 Å². The molecule has 130 valence electrons. The van der Waals surface area contributed by atoms with Crippen molar-refractivity contribution in [3.8, 4) is 0 Å². The molecule has 0 N–H and O–H groups in total. The topological polar surface area (TPSA) is 61.2 Å². The molecule has 0 spiro atoms. The lowest BCUT2D eigenvalue weighted by Crippen LogP contribution is -2.27. The molecule has 1 atom stereocenters. The maximum atomic E-state index is 12.9. The van der Waals surface area contributed by atoms with Crippen molar-refractivity contribution in [3.05, 3.63) is 33.0 Å². The zero-order chi connectivity index (χ0) is 17.9. The Morgan fingerprint density at radius 2 is 2.08 bits per heavy atom. The van der Waals surface area contributed by atoms with Gasteiger partial charge in [0.25, 0.3) is 5.56 Å². The number of nitrogens with zero attached hydrogens (tertiary/aromatic N) is 2. The predicted molar refractivity (Wildman–Crippen MR) is 100 cm³/mol. The molecule has 1 aromatic heterocycles. The van der Waals surface area contributed by atoms with Crippen LogP contribution in [0.4, 0.5) is 0 Å². The largest absolute Gasteiger partial charge is 0.465 e. The van der Waals surface area contributed by atoms with Crippen molar-refractivity contribution in [2.75, 3.05) is 6.61 Å². The number of rotatable bonds is 6. The summed E-state index contributed by atoms with van der Waals surface area (Å²) in [6.07, 6.45) is 0. The molecule has 2 rings (SSSR count). The summed E-state index contributed by atoms with van der Waals surface area (Å²) in [7, 11) is 0. The zero-order valence-corrected chi connectivity index (χ0v) is 16.6. The number of carbonyl (C=O) groups is 1. The van der Waals surface area contributed by atoms with Crippen molar-refractivity contribution in [2.24, 2.45) is 5.92 Å². The molecule has 0 amide bonds. The number of hydrogen-bond donors (Lipinski definition) is 0. The molecular weight excluding hydrogens is 392 g/mol. The summed E-state index contributed by atoms with van der Waals surface area (Å²) < 4.78 is 7.54. The molecule has 7 heteroatoms. The molecule has 1 unspecified atom stereocenters. The molecule has 24 heavy (non-hydrogen) atoms. The van der Waals surface area contributed by atoms with Gasteiger partial charge < -0.3 is 4.74 Å². The van der Waals surface area contributed by atoms with Crippen LogP contribution in [0.5, 0.6) is 0 Å². The van der Waals surface area contributed by atoms with Crippen LogP contribution in [0, 0.1) is 5.92 Å². The maximum Gasteiger partial charge on any atom is 0.319 e. The Balaban J connectivity index is 2.52. The van der Waals surface area contributed by atoms with E-state index < -0.39 is 5.25 Å². The molecule has 5 nitrogen and oxygen atoms in total. The third-order valence-electron chi connectivity index (χ3n) is 3.33. The molecule has 0 aliphatic rings. The van der Waals surface area contributed by atoms with Crippen LogP contribution in [0.2, 0.25) is 0 Å². The van der Waals surface area contributed by atoms with Crippen LogP contribution >= 0.6 is 27.7 Å². The highest BCUT2D eigenvalue weighted by molar-refractivity contribution is 9.10. The number of aromatic nitrogens is 2. The number of halogens is 1. The third kappa shape index (κ3) is 4.39. The Labute approximate surface area is 153 Å². The first kappa shape index (κ1) is 19.0. The van der Waals surface area contributed by atoms with E-state index in [9.17, 15) is 9.59 Å². The predicted octanol–water partition coefficient (Wildman–Crippen LogP) is 3.86. The van der Waals surface area contributed by atoms with E-state index in [1.807, 2.05) is 19.9 Å². The quantitative estimate of drug-likeness (QED) is 0.409. The van der Waals surface area contributed by atoms with Crippen molar-refractivity contribution in [1.29, 1.82) is 0 Å². The van der Waals surface area contributed by atoms with E-state index in [2.05, 4.69) is 20.9 Å². The summed E-state index contributed by atoms with van der Waals surface area (Å²) in [4.78, 5) is 29.4. The lowest BCUT2D eigenvalue weighted by molar-refractivity contribution is -0.142. The molecule has 0 saturated heterocycles. The Hall–Kier alpha value is -1.34. The van der Waals surface area contributed by atoms with Crippen molar-refractivity contribution in [3.63, 3.8) is 0 Å². The van der Waals surface area contributed by atoms with Crippen LogP contribution in [0.25, 0.3) is 10.9 Å². The lowest BCUT2D eigenvalue weighted by Gasteiger charge is -2.17. The highest BCUT2D eigenvalue weighted by Gasteiger charge is 2.20. The SMILES string of the molecule is CCOC(=O)C(C)Sc1nc2ccc(Br)cc2c(=O)n1CC(C)C. The van der Waals surface area contributed by atoms with Crippen molar-refractivity contribution in [2.45, 2.75) is 44.6 Å². The molecule has 0 aliphatic carbocycles. The van der Waals surface area contributed by atoms with Crippen LogP contribution in [0.3, 0.4) is 0 Å². The van der Waals surface area contributed by atoms with Gasteiger partial charge >= 0.3 is 5.97 Å². The number of hydrogen-bond acceptors (Lipinski definition) is 5. The highest BCUT2D eigenvalue weighted by atomic mass is 79.9. The average molecular weight is 413 g/mol. The molecule has 1 aromatic carbocycles. The Morgan fingerprint density at radius 3 is 2.71 bits per heavy atom. The lowest BCUT2D eigenvalue weighted by atomic mass is 10.2. The van der Waals surface area contributed by atoms with Gasteiger partial charge in [-0.3, -0.25) is 14.2 Å². The van der Waals surface area contributed by atoms with Gasteiger partial charge in [0.2, 0.25) is 0 Å². The molecule has 0 radical (unpaired) electrons. The van der Waals surface area contributed by atoms with E-state index in [0.29, 0.717) is 29.2 Å². The van der Waals surface area contributed by atoms with Crippen LogP contribution < -0.4 is 5.56 Å². The van der Waals surface area contributed by atoms with Gasteiger partial charge in [-0.15, -0.1) is 0 Å². The van der Waals surface area contributed by atoms with Gasteiger partial charge in [-0.2, -0.15) is 0 Å². The normalized spacial score (nSPS) is 12.6. The molecular formula is C17H21BrN2O3S. The standard InChI is InChI=1S/C17H21BrN2O3S/c1-5-23-16(22)11(4)24-17-19-14-7-6-12(18)8-13(14)15(21)20(17)9-10(2)3/h6-8,10-11H,5,9H2,1-4H3. The smallest absolute Gasteiger partial charge is 0.319 e. The summed E-state index contributed by atoms with van der Waals surface area (Å²) in [5.41, 5.74) is 0.537.